The number of methoxy groups -OCH3 is 1. The molecule has 0 bridgehead atoms. The molecule has 0 N–H and O–H groups in total. The first-order chi connectivity index (χ1) is 9.69. The fourth-order valence-electron chi connectivity index (χ4n) is 2.21. The summed E-state index contributed by atoms with van der Waals surface area (Å²) in [4.78, 5) is 14.4. The van der Waals surface area contributed by atoms with Gasteiger partial charge in [-0.3, -0.25) is 4.79 Å². The lowest BCUT2D eigenvalue weighted by Gasteiger charge is -2.08. The van der Waals surface area contributed by atoms with Crippen LogP contribution in [0.1, 0.15) is 25.7 Å². The van der Waals surface area contributed by atoms with Gasteiger partial charge in [0.05, 0.1) is 12.0 Å². The molecule has 2 aromatic rings. The first kappa shape index (κ1) is 13.6. The molecule has 1 aliphatic rings. The van der Waals surface area contributed by atoms with Gasteiger partial charge in [0.25, 0.3) is 0 Å². The molecule has 0 aliphatic carbocycles. The Balaban J connectivity index is 1.92. The molecular formula is C15H13FO2S2. The second-order valence-corrected chi connectivity index (χ2v) is 6.78. The van der Waals surface area contributed by atoms with Crippen LogP contribution < -0.4 is 4.74 Å². The van der Waals surface area contributed by atoms with E-state index in [9.17, 15) is 9.18 Å². The molecule has 0 unspecified atom stereocenters. The summed E-state index contributed by atoms with van der Waals surface area (Å²) in [6.45, 7) is 0. The standard InChI is InChI=1S/C15H13FO2S2/c1-18-12-3-2-9(6-11(12)16)15(17)14-7-10-8-19-5-4-13(10)20-14/h2-3,6-7H,4-5,8H2,1H3. The number of thiophene rings is 1. The molecule has 20 heavy (non-hydrogen) atoms. The second kappa shape index (κ2) is 5.58. The average molecular weight is 308 g/mol. The van der Waals surface area contributed by atoms with Gasteiger partial charge in [-0.25, -0.2) is 4.39 Å². The third kappa shape index (κ3) is 2.47. The predicted octanol–water partition coefficient (Wildman–Crippen LogP) is 3.92. The Kier molecular flexibility index (Phi) is 3.81. The van der Waals surface area contributed by atoms with Crippen molar-refractivity contribution < 1.29 is 13.9 Å². The van der Waals surface area contributed by atoms with E-state index in [4.69, 9.17) is 4.74 Å². The highest BCUT2D eigenvalue weighted by molar-refractivity contribution is 7.98. The number of hydrogen-bond donors (Lipinski definition) is 0. The third-order valence-corrected chi connectivity index (χ3v) is 5.51. The maximum absolute atomic E-state index is 13.7. The molecule has 1 aromatic carbocycles. The van der Waals surface area contributed by atoms with Gasteiger partial charge < -0.3 is 4.74 Å². The minimum Gasteiger partial charge on any atom is -0.494 e. The van der Waals surface area contributed by atoms with E-state index in [0.717, 1.165) is 17.9 Å². The summed E-state index contributed by atoms with van der Waals surface area (Å²) in [7, 11) is 1.41. The van der Waals surface area contributed by atoms with Crippen LogP contribution in [0.5, 0.6) is 5.75 Å². The lowest BCUT2D eigenvalue weighted by molar-refractivity contribution is 0.104. The Morgan fingerprint density at radius 2 is 2.20 bits per heavy atom. The van der Waals surface area contributed by atoms with Gasteiger partial charge in [-0.1, -0.05) is 0 Å². The molecule has 5 heteroatoms. The Bertz CT molecular complexity index is 640. The number of carbonyl (C=O) groups is 1. The van der Waals surface area contributed by atoms with E-state index in [1.54, 1.807) is 6.07 Å². The highest BCUT2D eigenvalue weighted by atomic mass is 32.2. The third-order valence-electron chi connectivity index (χ3n) is 3.27. The first-order valence-electron chi connectivity index (χ1n) is 6.26. The first-order valence-corrected chi connectivity index (χ1v) is 8.23. The summed E-state index contributed by atoms with van der Waals surface area (Å²) in [6, 6.07) is 6.30. The number of benzene rings is 1. The van der Waals surface area contributed by atoms with Crippen LogP contribution in [0.3, 0.4) is 0 Å². The topological polar surface area (TPSA) is 26.3 Å². The Hall–Kier alpha value is -1.33. The number of carbonyl (C=O) groups excluding carboxylic acids is 1. The number of halogens is 1. The Labute approximate surface area is 125 Å². The Morgan fingerprint density at radius 1 is 1.35 bits per heavy atom. The Morgan fingerprint density at radius 3 is 2.90 bits per heavy atom. The van der Waals surface area contributed by atoms with Crippen molar-refractivity contribution in [1.29, 1.82) is 0 Å². The van der Waals surface area contributed by atoms with Gasteiger partial charge >= 0.3 is 0 Å². The van der Waals surface area contributed by atoms with Gasteiger partial charge in [0.1, 0.15) is 0 Å². The smallest absolute Gasteiger partial charge is 0.203 e. The van der Waals surface area contributed by atoms with Gasteiger partial charge in [0, 0.05) is 16.2 Å². The van der Waals surface area contributed by atoms with Crippen LogP contribution in [-0.2, 0) is 12.2 Å². The van der Waals surface area contributed by atoms with Crippen LogP contribution in [0.15, 0.2) is 24.3 Å². The molecule has 1 aromatic heterocycles. The maximum atomic E-state index is 13.7. The molecule has 3 rings (SSSR count). The molecule has 1 aliphatic heterocycles. The van der Waals surface area contributed by atoms with E-state index in [-0.39, 0.29) is 11.5 Å². The van der Waals surface area contributed by atoms with Crippen molar-refractivity contribution in [3.05, 3.63) is 51.0 Å². The zero-order chi connectivity index (χ0) is 14.1. The van der Waals surface area contributed by atoms with Crippen LogP contribution in [0.4, 0.5) is 4.39 Å². The molecule has 2 heterocycles. The zero-order valence-corrected chi connectivity index (χ0v) is 12.6. The lowest BCUT2D eigenvalue weighted by atomic mass is 10.1. The molecule has 0 saturated carbocycles. The summed E-state index contributed by atoms with van der Waals surface area (Å²) in [5.41, 5.74) is 1.62. The normalized spacial score (nSPS) is 13.9. The van der Waals surface area contributed by atoms with Gasteiger partial charge in [-0.15, -0.1) is 11.3 Å². The number of ether oxygens (including phenoxy) is 1. The van der Waals surface area contributed by atoms with Gasteiger partial charge in [-0.05, 0) is 42.0 Å². The van der Waals surface area contributed by atoms with Crippen LogP contribution >= 0.6 is 23.1 Å². The number of thioether (sulfide) groups is 1. The summed E-state index contributed by atoms with van der Waals surface area (Å²) in [5, 5.41) is 0. The average Bonchev–Trinajstić information content (AvgIpc) is 2.90. The minimum absolute atomic E-state index is 0.115. The number of ketones is 1. The SMILES string of the molecule is COc1ccc(C(=O)c2cc3c(s2)CCSC3)cc1F. The largest absolute Gasteiger partial charge is 0.494 e. The van der Waals surface area contributed by atoms with E-state index >= 15 is 0 Å². The molecule has 0 atom stereocenters. The van der Waals surface area contributed by atoms with Gasteiger partial charge in [0.15, 0.2) is 11.6 Å². The van der Waals surface area contributed by atoms with E-state index < -0.39 is 5.82 Å². The van der Waals surface area contributed by atoms with E-state index in [0.29, 0.717) is 10.4 Å². The highest BCUT2D eigenvalue weighted by Crippen LogP contribution is 2.33. The predicted molar refractivity (Wildman–Crippen MR) is 80.6 cm³/mol. The molecule has 0 amide bonds. The lowest BCUT2D eigenvalue weighted by Crippen LogP contribution is -2.00. The minimum atomic E-state index is -0.504. The summed E-state index contributed by atoms with van der Waals surface area (Å²) in [5.74, 6) is 1.61. The second-order valence-electron chi connectivity index (χ2n) is 4.54. The highest BCUT2D eigenvalue weighted by Gasteiger charge is 2.19. The fraction of sp³-hybridized carbons (Fsp3) is 0.267. The van der Waals surface area contributed by atoms with Crippen molar-refractivity contribution >= 4 is 28.9 Å². The van der Waals surface area contributed by atoms with E-state index in [1.165, 1.54) is 41.0 Å². The van der Waals surface area contributed by atoms with Crippen LogP contribution in [0, 0.1) is 5.82 Å². The van der Waals surface area contributed by atoms with Crippen molar-refractivity contribution in [2.45, 2.75) is 12.2 Å². The zero-order valence-electron chi connectivity index (χ0n) is 10.9. The number of fused-ring (bicyclic) bond motifs is 1. The summed E-state index contributed by atoms with van der Waals surface area (Å²) < 4.78 is 18.5. The number of hydrogen-bond acceptors (Lipinski definition) is 4. The monoisotopic (exact) mass is 308 g/mol. The summed E-state index contributed by atoms with van der Waals surface area (Å²) in [6.07, 6.45) is 1.02. The van der Waals surface area contributed by atoms with Crippen molar-refractivity contribution in [2.24, 2.45) is 0 Å². The molecule has 104 valence electrons. The van der Waals surface area contributed by atoms with E-state index in [2.05, 4.69) is 0 Å². The summed E-state index contributed by atoms with van der Waals surface area (Å²) >= 11 is 3.42. The molecule has 0 fully saturated rings. The van der Waals surface area contributed by atoms with Gasteiger partial charge in [0.2, 0.25) is 5.78 Å². The van der Waals surface area contributed by atoms with Crippen molar-refractivity contribution in [1.82, 2.24) is 0 Å². The van der Waals surface area contributed by atoms with E-state index in [1.807, 2.05) is 17.8 Å². The molecular weight excluding hydrogens is 295 g/mol. The van der Waals surface area contributed by atoms with Crippen LogP contribution in [0.2, 0.25) is 0 Å². The van der Waals surface area contributed by atoms with Crippen molar-refractivity contribution in [3.63, 3.8) is 0 Å². The molecule has 0 saturated heterocycles. The number of aryl methyl sites for hydroxylation is 1. The van der Waals surface area contributed by atoms with Crippen LogP contribution in [0.25, 0.3) is 0 Å². The molecule has 0 radical (unpaired) electrons. The molecule has 2 nitrogen and oxygen atoms in total. The fourth-order valence-corrected chi connectivity index (χ4v) is 4.54. The van der Waals surface area contributed by atoms with Crippen molar-refractivity contribution in [2.75, 3.05) is 12.9 Å². The van der Waals surface area contributed by atoms with Crippen molar-refractivity contribution in [3.8, 4) is 5.75 Å². The van der Waals surface area contributed by atoms with Gasteiger partial charge in [-0.2, -0.15) is 11.8 Å². The van der Waals surface area contributed by atoms with Crippen LogP contribution in [-0.4, -0.2) is 18.6 Å². The number of rotatable bonds is 3. The maximum Gasteiger partial charge on any atom is 0.203 e. The molecule has 0 spiro atoms. The quantitative estimate of drug-likeness (QED) is 0.804.